The smallest absolute Gasteiger partial charge is 0.227 e. The van der Waals surface area contributed by atoms with Gasteiger partial charge >= 0.3 is 0 Å². The maximum absolute atomic E-state index is 6.43. The van der Waals surface area contributed by atoms with Gasteiger partial charge in [-0.1, -0.05) is 102 Å². The summed E-state index contributed by atoms with van der Waals surface area (Å²) in [4.78, 5) is 4.95. The number of aromatic nitrogens is 2. The SMILES string of the molecule is Cc1ccc(Nc2ccccc2-c2cc(C)c3c4ccc5ccccc5c4n4c3c2[B]c2cc3nc(-c5ccccc5)oc3cc2-4)cc1. The highest BCUT2D eigenvalue weighted by Gasteiger charge is 2.29. The first-order valence-corrected chi connectivity index (χ1v) is 16.4. The van der Waals surface area contributed by atoms with Crippen LogP contribution < -0.4 is 16.2 Å². The first-order valence-electron chi connectivity index (χ1n) is 16.4. The molecule has 0 aliphatic carbocycles. The summed E-state index contributed by atoms with van der Waals surface area (Å²) in [6.45, 7) is 4.37. The average Bonchev–Trinajstić information content (AvgIpc) is 3.71. The molecule has 1 radical (unpaired) electrons. The van der Waals surface area contributed by atoms with Gasteiger partial charge in [0.05, 0.1) is 5.52 Å². The van der Waals surface area contributed by atoms with Crippen LogP contribution in [0.5, 0.6) is 0 Å². The van der Waals surface area contributed by atoms with Crippen molar-refractivity contribution in [2.24, 2.45) is 0 Å². The van der Waals surface area contributed by atoms with E-state index in [4.69, 9.17) is 9.40 Å². The van der Waals surface area contributed by atoms with Gasteiger partial charge in [-0.05, 0) is 72.2 Å². The summed E-state index contributed by atoms with van der Waals surface area (Å²) in [5, 5.41) is 8.71. The van der Waals surface area contributed by atoms with Gasteiger partial charge in [0.2, 0.25) is 5.89 Å². The Morgan fingerprint density at radius 2 is 1.48 bits per heavy atom. The molecule has 4 nitrogen and oxygen atoms in total. The molecule has 0 saturated carbocycles. The van der Waals surface area contributed by atoms with Crippen LogP contribution in [0.25, 0.3) is 71.9 Å². The number of aryl methyl sites for hydroxylation is 2. The average molecular weight is 615 g/mol. The summed E-state index contributed by atoms with van der Waals surface area (Å²) in [5.41, 5.74) is 15.4. The second kappa shape index (κ2) is 10.2. The van der Waals surface area contributed by atoms with E-state index in [1.165, 1.54) is 54.7 Å². The topological polar surface area (TPSA) is 43.0 Å². The van der Waals surface area contributed by atoms with Crippen molar-refractivity contribution < 1.29 is 4.42 Å². The molecule has 7 aromatic carbocycles. The number of para-hydroxylation sites is 1. The van der Waals surface area contributed by atoms with Gasteiger partial charge in [0.25, 0.3) is 0 Å². The number of hydrogen-bond acceptors (Lipinski definition) is 3. The summed E-state index contributed by atoms with van der Waals surface area (Å²) >= 11 is 0. The van der Waals surface area contributed by atoms with Crippen molar-refractivity contribution in [1.29, 1.82) is 0 Å². The lowest BCUT2D eigenvalue weighted by atomic mass is 9.58. The van der Waals surface area contributed by atoms with Crippen molar-refractivity contribution in [3.63, 3.8) is 0 Å². The van der Waals surface area contributed by atoms with Crippen molar-refractivity contribution >= 4 is 73.3 Å². The summed E-state index contributed by atoms with van der Waals surface area (Å²) in [7, 11) is 2.35. The van der Waals surface area contributed by atoms with Crippen LogP contribution in [0, 0.1) is 13.8 Å². The molecular formula is C43H29BN3O. The molecule has 10 rings (SSSR count). The lowest BCUT2D eigenvalue weighted by Gasteiger charge is -2.24. The maximum atomic E-state index is 6.43. The van der Waals surface area contributed by atoms with E-state index in [1.54, 1.807) is 0 Å². The molecule has 0 spiro atoms. The largest absolute Gasteiger partial charge is 0.436 e. The minimum atomic E-state index is 0.631. The molecule has 225 valence electrons. The van der Waals surface area contributed by atoms with E-state index < -0.39 is 0 Å². The number of hydrogen-bond donors (Lipinski definition) is 1. The molecule has 1 N–H and O–H groups in total. The maximum Gasteiger partial charge on any atom is 0.227 e. The quantitative estimate of drug-likeness (QED) is 0.201. The second-order valence-electron chi connectivity index (χ2n) is 12.8. The zero-order valence-electron chi connectivity index (χ0n) is 26.6. The van der Waals surface area contributed by atoms with Crippen molar-refractivity contribution in [2.45, 2.75) is 13.8 Å². The molecule has 0 bridgehead atoms. The Labute approximate surface area is 278 Å². The molecule has 0 amide bonds. The van der Waals surface area contributed by atoms with E-state index in [-0.39, 0.29) is 0 Å². The van der Waals surface area contributed by atoms with Gasteiger partial charge in [-0.15, -0.1) is 0 Å². The Bertz CT molecular complexity index is 2740. The van der Waals surface area contributed by atoms with Crippen molar-refractivity contribution in [3.05, 3.63) is 145 Å². The molecule has 0 fully saturated rings. The third-order valence-corrected chi connectivity index (χ3v) is 9.80. The van der Waals surface area contributed by atoms with Crippen LogP contribution in [-0.4, -0.2) is 16.8 Å². The number of oxazole rings is 1. The highest BCUT2D eigenvalue weighted by molar-refractivity contribution is 6.73. The van der Waals surface area contributed by atoms with E-state index in [0.717, 1.165) is 44.8 Å². The number of anilines is 2. The van der Waals surface area contributed by atoms with Gasteiger partial charge in [-0.3, -0.25) is 0 Å². The third kappa shape index (κ3) is 4.01. The molecule has 3 heterocycles. The van der Waals surface area contributed by atoms with Crippen LogP contribution >= 0.6 is 0 Å². The Hall–Kier alpha value is -6.07. The minimum absolute atomic E-state index is 0.631. The van der Waals surface area contributed by atoms with Crippen LogP contribution in [0.15, 0.2) is 138 Å². The first-order chi connectivity index (χ1) is 23.6. The summed E-state index contributed by atoms with van der Waals surface area (Å²) in [6.07, 6.45) is 0. The van der Waals surface area contributed by atoms with Crippen molar-refractivity contribution in [1.82, 2.24) is 9.55 Å². The third-order valence-electron chi connectivity index (χ3n) is 9.80. The van der Waals surface area contributed by atoms with Gasteiger partial charge in [0.1, 0.15) is 5.52 Å². The van der Waals surface area contributed by atoms with Crippen LogP contribution in [0.1, 0.15) is 11.1 Å². The fourth-order valence-electron chi connectivity index (χ4n) is 7.57. The summed E-state index contributed by atoms with van der Waals surface area (Å²) in [5.74, 6) is 0.631. The highest BCUT2D eigenvalue weighted by Crippen LogP contribution is 2.42. The first kappa shape index (κ1) is 27.1. The Kier molecular flexibility index (Phi) is 5.77. The summed E-state index contributed by atoms with van der Waals surface area (Å²) in [6, 6.07) is 47.3. The Morgan fingerprint density at radius 3 is 2.35 bits per heavy atom. The zero-order valence-corrected chi connectivity index (χ0v) is 26.6. The Balaban J connectivity index is 1.28. The van der Waals surface area contributed by atoms with E-state index in [2.05, 4.69) is 134 Å². The number of rotatable bonds is 4. The summed E-state index contributed by atoms with van der Waals surface area (Å²) < 4.78 is 8.91. The highest BCUT2D eigenvalue weighted by atomic mass is 16.3. The number of fused-ring (bicyclic) bond motifs is 8. The van der Waals surface area contributed by atoms with E-state index in [1.807, 2.05) is 30.3 Å². The fraction of sp³-hybridized carbons (Fsp3) is 0.0465. The fourth-order valence-corrected chi connectivity index (χ4v) is 7.57. The van der Waals surface area contributed by atoms with E-state index >= 15 is 0 Å². The zero-order chi connectivity index (χ0) is 31.9. The normalized spacial score (nSPS) is 12.1. The standard InChI is InChI=1S/C43H29BN3O/c1-25-16-19-29(20-17-25)45-35-15-9-8-14-31(35)33-22-26(2)39-32-21-18-27-10-6-7-13-30(27)41(32)47-37-24-38-36(23-34(37)44-40(33)42(39)47)46-43(48-38)28-11-4-3-5-12-28/h3-24,45H,1-2H3. The number of nitrogens with zero attached hydrogens (tertiary/aromatic N) is 2. The van der Waals surface area contributed by atoms with Crippen molar-refractivity contribution in [3.8, 4) is 28.3 Å². The van der Waals surface area contributed by atoms with Gasteiger partial charge in [-0.2, -0.15) is 0 Å². The molecule has 1 aliphatic heterocycles. The van der Waals surface area contributed by atoms with Gasteiger partial charge in [-0.25, -0.2) is 4.98 Å². The Morgan fingerprint density at radius 1 is 0.688 bits per heavy atom. The molecule has 0 atom stereocenters. The van der Waals surface area contributed by atoms with Crippen LogP contribution in [0.2, 0.25) is 0 Å². The molecule has 0 unspecified atom stereocenters. The van der Waals surface area contributed by atoms with Crippen LogP contribution in [0.3, 0.4) is 0 Å². The molecule has 2 aromatic heterocycles. The van der Waals surface area contributed by atoms with Gasteiger partial charge < -0.3 is 14.3 Å². The molecule has 48 heavy (non-hydrogen) atoms. The van der Waals surface area contributed by atoms with Gasteiger partial charge in [0.15, 0.2) is 12.9 Å². The van der Waals surface area contributed by atoms with E-state index in [0.29, 0.717) is 5.89 Å². The predicted octanol–water partition coefficient (Wildman–Crippen LogP) is 9.74. The lowest BCUT2D eigenvalue weighted by molar-refractivity contribution is 0.619. The minimum Gasteiger partial charge on any atom is -0.436 e. The van der Waals surface area contributed by atoms with E-state index in [9.17, 15) is 0 Å². The molecule has 1 aliphatic rings. The predicted molar refractivity (Wildman–Crippen MR) is 201 cm³/mol. The lowest BCUT2D eigenvalue weighted by Crippen LogP contribution is -2.37. The molecule has 0 saturated heterocycles. The van der Waals surface area contributed by atoms with Crippen LogP contribution in [-0.2, 0) is 0 Å². The van der Waals surface area contributed by atoms with Gasteiger partial charge in [0, 0.05) is 55.9 Å². The second-order valence-corrected chi connectivity index (χ2v) is 12.8. The molecule has 5 heteroatoms. The molecule has 9 aromatic rings. The number of benzene rings is 7. The monoisotopic (exact) mass is 614 g/mol. The van der Waals surface area contributed by atoms with Crippen LogP contribution in [0.4, 0.5) is 11.4 Å². The number of nitrogens with one attached hydrogen (secondary N) is 1. The van der Waals surface area contributed by atoms with Crippen molar-refractivity contribution in [2.75, 3.05) is 5.32 Å². The molecular weight excluding hydrogens is 585 g/mol.